The number of amides is 1. The fourth-order valence-corrected chi connectivity index (χ4v) is 4.45. The molecule has 1 amide bonds. The molecule has 4 aromatic rings. The minimum atomic E-state index is -4.56. The lowest BCUT2D eigenvalue weighted by atomic mass is 10.2. The number of carbonyl (C=O) groups is 1. The minimum absolute atomic E-state index is 0.0479. The number of nitrogens with zero attached hydrogens (tertiary/aromatic N) is 3. The summed E-state index contributed by atoms with van der Waals surface area (Å²) in [5.74, 6) is 0.747. The van der Waals surface area contributed by atoms with Crippen LogP contribution in [0, 0.1) is 0 Å². The van der Waals surface area contributed by atoms with Crippen molar-refractivity contribution in [1.82, 2.24) is 9.97 Å². The van der Waals surface area contributed by atoms with E-state index in [9.17, 15) is 18.0 Å². The first-order valence-electron chi connectivity index (χ1n) is 10.1. The van der Waals surface area contributed by atoms with Crippen LogP contribution in [-0.2, 0) is 17.5 Å². The molecule has 0 saturated heterocycles. The molecule has 10 heteroatoms. The van der Waals surface area contributed by atoms with Gasteiger partial charge in [0, 0.05) is 12.3 Å². The smallest absolute Gasteiger partial charge is 0.418 e. The zero-order valence-electron chi connectivity index (χ0n) is 17.5. The Hall–Kier alpha value is -3.92. The van der Waals surface area contributed by atoms with Crippen LogP contribution in [0.5, 0.6) is 11.5 Å². The summed E-state index contributed by atoms with van der Waals surface area (Å²) < 4.78 is 51.4. The quantitative estimate of drug-likeness (QED) is 0.342. The fraction of sp³-hybridized carbons (Fsp3) is 0.125. The standard InChI is InChI=1S/C24H16F3N3O3S/c25-24(26,27)17-5-3-6-20-22(17)29-23(34-20)30(13-16-4-1-2-11-28-16)21(31)10-8-15-7-9-18-19(12-15)33-14-32-18/h1-12H,13-14H2/b10-8+. The second-order valence-electron chi connectivity index (χ2n) is 7.34. The van der Waals surface area contributed by atoms with E-state index in [4.69, 9.17) is 9.47 Å². The Bertz CT molecular complexity index is 1390. The molecule has 5 rings (SSSR count). The number of carbonyl (C=O) groups excluding carboxylic acids is 1. The predicted octanol–water partition coefficient (Wildman–Crippen LogP) is 5.69. The van der Waals surface area contributed by atoms with Gasteiger partial charge in [0.05, 0.1) is 28.0 Å². The van der Waals surface area contributed by atoms with Crippen LogP contribution in [0.15, 0.2) is 66.9 Å². The highest BCUT2D eigenvalue weighted by Gasteiger charge is 2.34. The molecule has 0 bridgehead atoms. The number of aromatic nitrogens is 2. The lowest BCUT2D eigenvalue weighted by molar-refractivity contribution is -0.136. The Kier molecular flexibility index (Phi) is 5.66. The van der Waals surface area contributed by atoms with Crippen LogP contribution in [0.4, 0.5) is 18.3 Å². The average molecular weight is 483 g/mol. The normalized spacial score (nSPS) is 13.0. The van der Waals surface area contributed by atoms with E-state index in [-0.39, 0.29) is 24.0 Å². The maximum absolute atomic E-state index is 13.5. The van der Waals surface area contributed by atoms with Crippen molar-refractivity contribution in [3.8, 4) is 11.5 Å². The number of thiazole rings is 1. The van der Waals surface area contributed by atoms with Crippen molar-refractivity contribution >= 4 is 38.7 Å². The van der Waals surface area contributed by atoms with Gasteiger partial charge in [-0.3, -0.25) is 14.7 Å². The van der Waals surface area contributed by atoms with E-state index in [1.165, 1.54) is 17.0 Å². The summed E-state index contributed by atoms with van der Waals surface area (Å²) in [5.41, 5.74) is 0.254. The molecule has 2 aromatic heterocycles. The Balaban J connectivity index is 1.50. The molecule has 0 radical (unpaired) electrons. The molecule has 1 aliphatic heterocycles. The van der Waals surface area contributed by atoms with Crippen LogP contribution >= 0.6 is 11.3 Å². The highest BCUT2D eigenvalue weighted by Crippen LogP contribution is 2.39. The molecule has 0 aliphatic carbocycles. The Labute approximate surface area is 195 Å². The number of hydrogen-bond donors (Lipinski definition) is 0. The van der Waals surface area contributed by atoms with Crippen LogP contribution < -0.4 is 14.4 Å². The predicted molar refractivity (Wildman–Crippen MR) is 122 cm³/mol. The van der Waals surface area contributed by atoms with E-state index in [1.54, 1.807) is 54.7 Å². The third-order valence-electron chi connectivity index (χ3n) is 5.07. The Morgan fingerprint density at radius 1 is 1.09 bits per heavy atom. The lowest BCUT2D eigenvalue weighted by Crippen LogP contribution is -2.29. The summed E-state index contributed by atoms with van der Waals surface area (Å²) in [4.78, 5) is 23.0. The van der Waals surface area contributed by atoms with Gasteiger partial charge < -0.3 is 9.47 Å². The highest BCUT2D eigenvalue weighted by molar-refractivity contribution is 7.22. The van der Waals surface area contributed by atoms with Crippen molar-refractivity contribution in [3.63, 3.8) is 0 Å². The monoisotopic (exact) mass is 483 g/mol. The summed E-state index contributed by atoms with van der Waals surface area (Å²) in [5, 5.41) is 0.151. The Morgan fingerprint density at radius 2 is 1.94 bits per heavy atom. The van der Waals surface area contributed by atoms with Gasteiger partial charge in [-0.05, 0) is 48.0 Å². The van der Waals surface area contributed by atoms with Crippen LogP contribution in [0.25, 0.3) is 16.3 Å². The van der Waals surface area contributed by atoms with Crippen molar-refractivity contribution < 1.29 is 27.4 Å². The molecular formula is C24H16F3N3O3S. The van der Waals surface area contributed by atoms with Crippen molar-refractivity contribution in [2.45, 2.75) is 12.7 Å². The average Bonchev–Trinajstić information content (AvgIpc) is 3.47. The number of anilines is 1. The van der Waals surface area contributed by atoms with Gasteiger partial charge >= 0.3 is 6.18 Å². The molecule has 0 saturated carbocycles. The van der Waals surface area contributed by atoms with Gasteiger partial charge in [0.2, 0.25) is 6.79 Å². The summed E-state index contributed by atoms with van der Waals surface area (Å²) in [6.07, 6.45) is -0.0259. The largest absolute Gasteiger partial charge is 0.454 e. The summed E-state index contributed by atoms with van der Waals surface area (Å²) in [7, 11) is 0. The van der Waals surface area contributed by atoms with Crippen molar-refractivity contribution in [1.29, 1.82) is 0 Å². The number of ether oxygens (including phenoxy) is 2. The SMILES string of the molecule is O=C(/C=C/c1ccc2c(c1)OCO2)N(Cc1ccccn1)c1nc2c(C(F)(F)F)cccc2s1. The van der Waals surface area contributed by atoms with E-state index in [0.717, 1.165) is 17.4 Å². The maximum atomic E-state index is 13.5. The molecule has 0 fully saturated rings. The van der Waals surface area contributed by atoms with Crippen LogP contribution in [0.1, 0.15) is 16.8 Å². The number of pyridine rings is 1. The van der Waals surface area contributed by atoms with E-state index < -0.39 is 17.6 Å². The Morgan fingerprint density at radius 3 is 2.74 bits per heavy atom. The second-order valence-corrected chi connectivity index (χ2v) is 8.35. The summed E-state index contributed by atoms with van der Waals surface area (Å²) >= 11 is 1.02. The number of fused-ring (bicyclic) bond motifs is 2. The van der Waals surface area contributed by atoms with Gasteiger partial charge in [0.15, 0.2) is 16.6 Å². The van der Waals surface area contributed by atoms with Gasteiger partial charge in [-0.1, -0.05) is 29.5 Å². The molecule has 34 heavy (non-hydrogen) atoms. The zero-order chi connectivity index (χ0) is 23.7. The summed E-state index contributed by atoms with van der Waals surface area (Å²) in [6.45, 7) is 0.184. The van der Waals surface area contributed by atoms with Gasteiger partial charge in [0.25, 0.3) is 5.91 Å². The highest BCUT2D eigenvalue weighted by atomic mass is 32.1. The van der Waals surface area contributed by atoms with E-state index in [2.05, 4.69) is 9.97 Å². The van der Waals surface area contributed by atoms with Crippen LogP contribution in [0.2, 0.25) is 0 Å². The lowest BCUT2D eigenvalue weighted by Gasteiger charge is -2.17. The van der Waals surface area contributed by atoms with Crippen LogP contribution in [-0.4, -0.2) is 22.7 Å². The van der Waals surface area contributed by atoms with E-state index in [1.807, 2.05) is 0 Å². The van der Waals surface area contributed by atoms with Gasteiger partial charge in [-0.15, -0.1) is 0 Å². The number of para-hydroxylation sites is 1. The van der Waals surface area contributed by atoms with Gasteiger partial charge in [-0.25, -0.2) is 4.98 Å². The molecule has 172 valence electrons. The number of hydrogen-bond acceptors (Lipinski definition) is 6. The molecule has 0 unspecified atom stereocenters. The van der Waals surface area contributed by atoms with E-state index in [0.29, 0.717) is 27.5 Å². The molecule has 3 heterocycles. The molecule has 6 nitrogen and oxygen atoms in total. The molecule has 1 aliphatic rings. The van der Waals surface area contributed by atoms with Gasteiger partial charge in [0.1, 0.15) is 0 Å². The second kappa shape index (κ2) is 8.79. The third kappa shape index (κ3) is 4.44. The third-order valence-corrected chi connectivity index (χ3v) is 6.11. The maximum Gasteiger partial charge on any atom is 0.418 e. The van der Waals surface area contributed by atoms with Crippen LogP contribution in [0.3, 0.4) is 0 Å². The molecular weight excluding hydrogens is 467 g/mol. The first-order chi connectivity index (χ1) is 16.4. The molecule has 0 spiro atoms. The number of benzene rings is 2. The number of rotatable bonds is 5. The zero-order valence-corrected chi connectivity index (χ0v) is 18.3. The van der Waals surface area contributed by atoms with Crippen molar-refractivity contribution in [2.75, 3.05) is 11.7 Å². The van der Waals surface area contributed by atoms with E-state index >= 15 is 0 Å². The number of alkyl halides is 3. The molecule has 0 N–H and O–H groups in total. The fourth-order valence-electron chi connectivity index (χ4n) is 3.45. The molecule has 0 atom stereocenters. The summed E-state index contributed by atoms with van der Waals surface area (Å²) in [6, 6.07) is 14.4. The number of halogens is 3. The first-order valence-corrected chi connectivity index (χ1v) is 11.0. The first kappa shape index (κ1) is 21.9. The van der Waals surface area contributed by atoms with Gasteiger partial charge in [-0.2, -0.15) is 13.2 Å². The van der Waals surface area contributed by atoms with Crippen molar-refractivity contribution in [3.05, 3.63) is 83.7 Å². The molecule has 2 aromatic carbocycles. The van der Waals surface area contributed by atoms with Crippen molar-refractivity contribution in [2.24, 2.45) is 0 Å². The minimum Gasteiger partial charge on any atom is -0.454 e. The topological polar surface area (TPSA) is 64.6 Å².